The van der Waals surface area contributed by atoms with Gasteiger partial charge in [0, 0.05) is 25.2 Å². The minimum absolute atomic E-state index is 0.0424. The van der Waals surface area contributed by atoms with E-state index in [2.05, 4.69) is 4.98 Å². The van der Waals surface area contributed by atoms with Crippen LogP contribution in [-0.4, -0.2) is 47.6 Å². The second-order valence-corrected chi connectivity index (χ2v) is 8.78. The minimum atomic E-state index is -3.49. The number of halogens is 1. The van der Waals surface area contributed by atoms with Gasteiger partial charge in [-0.25, -0.2) is 17.8 Å². The standard InChI is InChI=1S/C18H20FN3O3S/c19-14-7-5-13(6-8-14)15-16(17(23)21-9-3-1-2-4-10-21)22-11-12-26(24,25)18(22)20-15/h5-8H,1-4,9-12H2. The molecule has 8 heteroatoms. The maximum Gasteiger partial charge on any atom is 0.272 e. The molecule has 2 aromatic rings. The second kappa shape index (κ2) is 6.50. The molecule has 0 spiro atoms. The lowest BCUT2D eigenvalue weighted by Gasteiger charge is -2.21. The monoisotopic (exact) mass is 377 g/mol. The van der Waals surface area contributed by atoms with Gasteiger partial charge in [-0.15, -0.1) is 0 Å². The van der Waals surface area contributed by atoms with Gasteiger partial charge in [-0.2, -0.15) is 0 Å². The van der Waals surface area contributed by atoms with Gasteiger partial charge in [0.1, 0.15) is 17.2 Å². The van der Waals surface area contributed by atoms with Crippen LogP contribution in [0.15, 0.2) is 29.4 Å². The van der Waals surface area contributed by atoms with Crippen molar-refractivity contribution in [2.24, 2.45) is 0 Å². The number of rotatable bonds is 2. The number of hydrogen-bond acceptors (Lipinski definition) is 4. The van der Waals surface area contributed by atoms with E-state index in [-0.39, 0.29) is 23.4 Å². The molecule has 1 amide bonds. The number of nitrogens with zero attached hydrogens (tertiary/aromatic N) is 3. The molecule has 1 aromatic heterocycles. The second-order valence-electron chi connectivity index (χ2n) is 6.78. The van der Waals surface area contributed by atoms with Crippen molar-refractivity contribution in [3.8, 4) is 11.3 Å². The van der Waals surface area contributed by atoms with Gasteiger partial charge < -0.3 is 9.47 Å². The van der Waals surface area contributed by atoms with Crippen molar-refractivity contribution in [2.45, 2.75) is 37.4 Å². The van der Waals surface area contributed by atoms with Crippen LogP contribution in [0.5, 0.6) is 0 Å². The summed E-state index contributed by atoms with van der Waals surface area (Å²) in [6, 6.07) is 5.63. The summed E-state index contributed by atoms with van der Waals surface area (Å²) in [5, 5.41) is -0.0602. The summed E-state index contributed by atoms with van der Waals surface area (Å²) in [5.74, 6) is -0.630. The van der Waals surface area contributed by atoms with Crippen LogP contribution in [0, 0.1) is 5.82 Å². The first-order valence-corrected chi connectivity index (χ1v) is 10.5. The Hall–Kier alpha value is -2.22. The number of carbonyl (C=O) groups is 1. The average Bonchev–Trinajstić information content (AvgIpc) is 2.99. The fraction of sp³-hybridized carbons (Fsp3) is 0.444. The number of fused-ring (bicyclic) bond motifs is 1. The molecule has 1 saturated heterocycles. The lowest BCUT2D eigenvalue weighted by atomic mass is 10.1. The normalized spacial score (nSPS) is 19.2. The molecule has 0 radical (unpaired) electrons. The highest BCUT2D eigenvalue weighted by molar-refractivity contribution is 7.91. The molecule has 2 aliphatic heterocycles. The Bertz CT molecular complexity index is 943. The minimum Gasteiger partial charge on any atom is -0.337 e. The van der Waals surface area contributed by atoms with Gasteiger partial charge in [0.25, 0.3) is 5.91 Å². The molecule has 138 valence electrons. The summed E-state index contributed by atoms with van der Waals surface area (Å²) < 4.78 is 39.4. The summed E-state index contributed by atoms with van der Waals surface area (Å²) in [6.07, 6.45) is 4.06. The predicted octanol–water partition coefficient (Wildman–Crippen LogP) is 2.49. The molecule has 1 aromatic carbocycles. The Morgan fingerprint density at radius 2 is 1.65 bits per heavy atom. The first-order valence-electron chi connectivity index (χ1n) is 8.86. The van der Waals surface area contributed by atoms with Crippen LogP contribution in [0.3, 0.4) is 0 Å². The molecular formula is C18H20FN3O3S. The van der Waals surface area contributed by atoms with Crippen LogP contribution in [0.1, 0.15) is 36.2 Å². The van der Waals surface area contributed by atoms with Crippen molar-refractivity contribution in [1.29, 1.82) is 0 Å². The molecule has 0 atom stereocenters. The number of imidazole rings is 1. The fourth-order valence-corrected chi connectivity index (χ4v) is 4.98. The van der Waals surface area contributed by atoms with Crippen molar-refractivity contribution in [2.75, 3.05) is 18.8 Å². The summed E-state index contributed by atoms with van der Waals surface area (Å²) >= 11 is 0. The zero-order valence-electron chi connectivity index (χ0n) is 14.3. The van der Waals surface area contributed by atoms with E-state index in [1.54, 1.807) is 4.90 Å². The summed E-state index contributed by atoms with van der Waals surface area (Å²) in [5.41, 5.74) is 1.16. The van der Waals surface area contributed by atoms with Crippen LogP contribution in [0.2, 0.25) is 0 Å². The molecule has 0 aliphatic carbocycles. The van der Waals surface area contributed by atoms with Gasteiger partial charge >= 0.3 is 0 Å². The van der Waals surface area contributed by atoms with Crippen LogP contribution < -0.4 is 0 Å². The lowest BCUT2D eigenvalue weighted by Crippen LogP contribution is -2.33. The Kier molecular flexibility index (Phi) is 4.30. The molecule has 2 aliphatic rings. The molecule has 0 bridgehead atoms. The van der Waals surface area contributed by atoms with Gasteiger partial charge in [-0.3, -0.25) is 4.79 Å². The molecular weight excluding hydrogens is 357 g/mol. The highest BCUT2D eigenvalue weighted by Crippen LogP contribution is 2.31. The predicted molar refractivity (Wildman–Crippen MR) is 94.0 cm³/mol. The van der Waals surface area contributed by atoms with E-state index in [0.29, 0.717) is 30.0 Å². The number of likely N-dealkylation sites (tertiary alicyclic amines) is 1. The molecule has 3 heterocycles. The van der Waals surface area contributed by atoms with Crippen molar-refractivity contribution in [3.63, 3.8) is 0 Å². The average molecular weight is 377 g/mol. The van der Waals surface area contributed by atoms with Crippen molar-refractivity contribution < 1.29 is 17.6 Å². The van der Waals surface area contributed by atoms with E-state index in [9.17, 15) is 17.6 Å². The number of hydrogen-bond donors (Lipinski definition) is 0. The number of sulfone groups is 1. The Labute approximate surface area is 151 Å². The van der Waals surface area contributed by atoms with Crippen LogP contribution in [0.4, 0.5) is 4.39 Å². The van der Waals surface area contributed by atoms with E-state index in [1.165, 1.54) is 28.8 Å². The van der Waals surface area contributed by atoms with E-state index in [4.69, 9.17) is 0 Å². The summed E-state index contributed by atoms with van der Waals surface area (Å²) in [6.45, 7) is 1.55. The van der Waals surface area contributed by atoms with Crippen molar-refractivity contribution in [1.82, 2.24) is 14.5 Å². The van der Waals surface area contributed by atoms with E-state index in [1.807, 2.05) is 0 Å². The molecule has 4 rings (SSSR count). The quantitative estimate of drug-likeness (QED) is 0.806. The molecule has 0 saturated carbocycles. The van der Waals surface area contributed by atoms with Crippen molar-refractivity contribution in [3.05, 3.63) is 35.8 Å². The van der Waals surface area contributed by atoms with E-state index >= 15 is 0 Å². The zero-order valence-corrected chi connectivity index (χ0v) is 15.1. The summed E-state index contributed by atoms with van der Waals surface area (Å²) in [4.78, 5) is 19.3. The van der Waals surface area contributed by atoms with Crippen LogP contribution in [0.25, 0.3) is 11.3 Å². The summed E-state index contributed by atoms with van der Waals surface area (Å²) in [7, 11) is -3.49. The van der Waals surface area contributed by atoms with Gasteiger partial charge in [-0.1, -0.05) is 12.8 Å². The maximum atomic E-state index is 13.3. The van der Waals surface area contributed by atoms with Crippen LogP contribution in [-0.2, 0) is 16.4 Å². The Morgan fingerprint density at radius 3 is 2.31 bits per heavy atom. The van der Waals surface area contributed by atoms with Crippen LogP contribution >= 0.6 is 0 Å². The smallest absolute Gasteiger partial charge is 0.272 e. The lowest BCUT2D eigenvalue weighted by molar-refractivity contribution is 0.0751. The van der Waals surface area contributed by atoms with Gasteiger partial charge in [0.2, 0.25) is 15.0 Å². The third-order valence-corrected chi connectivity index (χ3v) is 6.60. The van der Waals surface area contributed by atoms with Gasteiger partial charge in [-0.05, 0) is 37.1 Å². The third kappa shape index (κ3) is 2.92. The first-order chi connectivity index (χ1) is 12.5. The molecule has 0 N–H and O–H groups in total. The molecule has 0 unspecified atom stereocenters. The fourth-order valence-electron chi connectivity index (χ4n) is 3.63. The third-order valence-electron chi connectivity index (χ3n) is 5.01. The Balaban J connectivity index is 1.84. The number of benzene rings is 1. The molecule has 1 fully saturated rings. The largest absolute Gasteiger partial charge is 0.337 e. The van der Waals surface area contributed by atoms with Gasteiger partial charge in [0.15, 0.2) is 0 Å². The topological polar surface area (TPSA) is 72.3 Å². The number of amides is 1. The van der Waals surface area contributed by atoms with Gasteiger partial charge in [0.05, 0.1) is 5.75 Å². The number of carbonyl (C=O) groups excluding carboxylic acids is 1. The van der Waals surface area contributed by atoms with E-state index < -0.39 is 15.7 Å². The van der Waals surface area contributed by atoms with Crippen molar-refractivity contribution >= 4 is 15.7 Å². The highest BCUT2D eigenvalue weighted by Gasteiger charge is 2.36. The molecule has 6 nitrogen and oxygen atoms in total. The molecule has 26 heavy (non-hydrogen) atoms. The Morgan fingerprint density at radius 1 is 1.00 bits per heavy atom. The first kappa shape index (κ1) is 17.2. The zero-order chi connectivity index (χ0) is 18.3. The highest BCUT2D eigenvalue weighted by atomic mass is 32.2. The SMILES string of the molecule is O=C(c1c(-c2ccc(F)cc2)nc2n1CCS2(=O)=O)N1CCCCCC1. The number of aromatic nitrogens is 2. The van der Waals surface area contributed by atoms with E-state index in [0.717, 1.165) is 25.7 Å². The maximum absolute atomic E-state index is 13.3.